The summed E-state index contributed by atoms with van der Waals surface area (Å²) >= 11 is 0. The SMILES string of the molecule is CCCCc1ccc2c(c1)C(NC)CC(C)CC2. The lowest BCUT2D eigenvalue weighted by molar-refractivity contribution is 0.428. The molecular weight excluding hydrogens is 218 g/mol. The predicted octanol–water partition coefficient (Wildman–Crippen LogP) is 4.26. The molecule has 0 saturated heterocycles. The fraction of sp³-hybridized carbons (Fsp3) is 0.647. The fourth-order valence-corrected chi connectivity index (χ4v) is 3.06. The van der Waals surface area contributed by atoms with Crippen LogP contribution in [-0.4, -0.2) is 7.05 Å². The molecule has 0 spiro atoms. The van der Waals surface area contributed by atoms with Crippen molar-refractivity contribution in [1.82, 2.24) is 5.32 Å². The lowest BCUT2D eigenvalue weighted by atomic mass is 9.94. The Hall–Kier alpha value is -0.820. The molecule has 0 aromatic heterocycles. The number of nitrogens with one attached hydrogen (secondary N) is 1. The standard InChI is InChI=1S/C17H27N/c1-4-5-6-14-8-10-15-9-7-13(2)11-17(18-3)16(15)12-14/h8,10,12-13,17-18H,4-7,9,11H2,1-3H3. The highest BCUT2D eigenvalue weighted by Crippen LogP contribution is 2.32. The van der Waals surface area contributed by atoms with Gasteiger partial charge in [-0.3, -0.25) is 0 Å². The molecule has 2 atom stereocenters. The van der Waals surface area contributed by atoms with Crippen LogP contribution in [0.5, 0.6) is 0 Å². The van der Waals surface area contributed by atoms with Gasteiger partial charge in [0.1, 0.15) is 0 Å². The second kappa shape index (κ2) is 6.38. The number of rotatable bonds is 4. The van der Waals surface area contributed by atoms with Gasteiger partial charge in [-0.2, -0.15) is 0 Å². The number of benzene rings is 1. The van der Waals surface area contributed by atoms with Crippen LogP contribution in [0.4, 0.5) is 0 Å². The Bertz CT molecular complexity index is 383. The highest BCUT2D eigenvalue weighted by Gasteiger charge is 2.21. The van der Waals surface area contributed by atoms with E-state index in [2.05, 4.69) is 44.4 Å². The van der Waals surface area contributed by atoms with Crippen LogP contribution in [0.2, 0.25) is 0 Å². The maximum absolute atomic E-state index is 3.51. The van der Waals surface area contributed by atoms with Crippen molar-refractivity contribution in [2.45, 2.75) is 58.4 Å². The zero-order valence-corrected chi connectivity index (χ0v) is 12.1. The molecule has 0 fully saturated rings. The van der Waals surface area contributed by atoms with E-state index in [4.69, 9.17) is 0 Å². The summed E-state index contributed by atoms with van der Waals surface area (Å²) in [5, 5.41) is 3.51. The Labute approximate surface area is 112 Å². The van der Waals surface area contributed by atoms with Crippen LogP contribution in [-0.2, 0) is 12.8 Å². The molecule has 0 amide bonds. The van der Waals surface area contributed by atoms with Gasteiger partial charge in [0.25, 0.3) is 0 Å². The maximum atomic E-state index is 3.51. The minimum atomic E-state index is 0.555. The van der Waals surface area contributed by atoms with Gasteiger partial charge in [-0.05, 0) is 61.8 Å². The van der Waals surface area contributed by atoms with Crippen LogP contribution in [0.15, 0.2) is 18.2 Å². The largest absolute Gasteiger partial charge is 0.313 e. The third-order valence-corrected chi connectivity index (χ3v) is 4.30. The molecule has 1 aromatic rings. The molecule has 2 unspecified atom stereocenters. The molecule has 1 nitrogen and oxygen atoms in total. The van der Waals surface area contributed by atoms with Gasteiger partial charge in [0.15, 0.2) is 0 Å². The molecule has 18 heavy (non-hydrogen) atoms. The van der Waals surface area contributed by atoms with E-state index in [-0.39, 0.29) is 0 Å². The summed E-state index contributed by atoms with van der Waals surface area (Å²) in [6.07, 6.45) is 7.68. The Morgan fingerprint density at radius 1 is 1.33 bits per heavy atom. The van der Waals surface area contributed by atoms with Crippen molar-refractivity contribution < 1.29 is 0 Å². The molecule has 0 saturated carbocycles. The van der Waals surface area contributed by atoms with E-state index < -0.39 is 0 Å². The highest BCUT2D eigenvalue weighted by molar-refractivity contribution is 5.35. The summed E-state index contributed by atoms with van der Waals surface area (Å²) in [5.41, 5.74) is 4.65. The number of unbranched alkanes of at least 4 members (excludes halogenated alkanes) is 1. The van der Waals surface area contributed by atoms with Gasteiger partial charge < -0.3 is 5.32 Å². The molecule has 0 radical (unpaired) electrons. The van der Waals surface area contributed by atoms with E-state index in [1.807, 2.05) is 0 Å². The van der Waals surface area contributed by atoms with Crippen molar-refractivity contribution in [2.24, 2.45) is 5.92 Å². The first-order valence-electron chi connectivity index (χ1n) is 7.53. The summed E-state index contributed by atoms with van der Waals surface area (Å²) in [6, 6.07) is 7.74. The van der Waals surface area contributed by atoms with Crippen LogP contribution < -0.4 is 5.32 Å². The number of aryl methyl sites for hydroxylation is 2. The third-order valence-electron chi connectivity index (χ3n) is 4.30. The highest BCUT2D eigenvalue weighted by atomic mass is 14.9. The second-order valence-corrected chi connectivity index (χ2v) is 5.86. The summed E-state index contributed by atoms with van der Waals surface area (Å²) in [6.45, 7) is 4.65. The lowest BCUT2D eigenvalue weighted by Gasteiger charge is -2.19. The monoisotopic (exact) mass is 245 g/mol. The summed E-state index contributed by atoms with van der Waals surface area (Å²) in [7, 11) is 2.10. The van der Waals surface area contributed by atoms with Gasteiger partial charge in [-0.1, -0.05) is 38.5 Å². The molecule has 1 heteroatoms. The normalized spacial score (nSPS) is 23.5. The molecular formula is C17H27N. The quantitative estimate of drug-likeness (QED) is 0.781. The lowest BCUT2D eigenvalue weighted by Crippen LogP contribution is -2.18. The van der Waals surface area contributed by atoms with Crippen molar-refractivity contribution in [1.29, 1.82) is 0 Å². The molecule has 0 aliphatic heterocycles. The molecule has 1 aliphatic rings. The van der Waals surface area contributed by atoms with Crippen LogP contribution in [0.25, 0.3) is 0 Å². The molecule has 0 heterocycles. The van der Waals surface area contributed by atoms with Crippen molar-refractivity contribution in [3.05, 3.63) is 34.9 Å². The Morgan fingerprint density at radius 2 is 2.17 bits per heavy atom. The van der Waals surface area contributed by atoms with E-state index in [1.165, 1.54) is 44.1 Å². The molecule has 1 N–H and O–H groups in total. The van der Waals surface area contributed by atoms with Crippen molar-refractivity contribution in [2.75, 3.05) is 7.05 Å². The van der Waals surface area contributed by atoms with E-state index in [1.54, 1.807) is 11.1 Å². The predicted molar refractivity (Wildman–Crippen MR) is 79.0 cm³/mol. The van der Waals surface area contributed by atoms with Crippen LogP contribution in [0, 0.1) is 5.92 Å². The second-order valence-electron chi connectivity index (χ2n) is 5.86. The van der Waals surface area contributed by atoms with Gasteiger partial charge in [0, 0.05) is 6.04 Å². The smallest absolute Gasteiger partial charge is 0.0322 e. The van der Waals surface area contributed by atoms with E-state index >= 15 is 0 Å². The first-order chi connectivity index (χ1) is 8.74. The summed E-state index contributed by atoms with van der Waals surface area (Å²) in [5.74, 6) is 0.828. The van der Waals surface area contributed by atoms with Gasteiger partial charge in [-0.15, -0.1) is 0 Å². The van der Waals surface area contributed by atoms with Gasteiger partial charge in [-0.25, -0.2) is 0 Å². The van der Waals surface area contributed by atoms with E-state index in [0.29, 0.717) is 6.04 Å². The zero-order valence-electron chi connectivity index (χ0n) is 12.1. The van der Waals surface area contributed by atoms with E-state index in [9.17, 15) is 0 Å². The number of hydrogen-bond acceptors (Lipinski definition) is 1. The topological polar surface area (TPSA) is 12.0 Å². The maximum Gasteiger partial charge on any atom is 0.0322 e. The average Bonchev–Trinajstić information content (AvgIpc) is 2.55. The molecule has 2 rings (SSSR count). The Kier molecular flexibility index (Phi) is 4.82. The zero-order chi connectivity index (χ0) is 13.0. The van der Waals surface area contributed by atoms with Crippen molar-refractivity contribution >= 4 is 0 Å². The Balaban J connectivity index is 2.25. The third kappa shape index (κ3) is 3.14. The molecule has 100 valence electrons. The summed E-state index contributed by atoms with van der Waals surface area (Å²) < 4.78 is 0. The van der Waals surface area contributed by atoms with Crippen LogP contribution in [0.3, 0.4) is 0 Å². The van der Waals surface area contributed by atoms with Crippen LogP contribution >= 0.6 is 0 Å². The first-order valence-corrected chi connectivity index (χ1v) is 7.53. The van der Waals surface area contributed by atoms with Crippen molar-refractivity contribution in [3.63, 3.8) is 0 Å². The number of fused-ring (bicyclic) bond motifs is 1. The first kappa shape index (κ1) is 13.6. The minimum Gasteiger partial charge on any atom is -0.313 e. The number of hydrogen-bond donors (Lipinski definition) is 1. The molecule has 1 aromatic carbocycles. The molecule has 0 bridgehead atoms. The van der Waals surface area contributed by atoms with Gasteiger partial charge in [0.2, 0.25) is 0 Å². The van der Waals surface area contributed by atoms with Crippen molar-refractivity contribution in [3.8, 4) is 0 Å². The minimum absolute atomic E-state index is 0.555. The Morgan fingerprint density at radius 3 is 2.89 bits per heavy atom. The van der Waals surface area contributed by atoms with Crippen LogP contribution in [0.1, 0.15) is 62.3 Å². The van der Waals surface area contributed by atoms with E-state index in [0.717, 1.165) is 5.92 Å². The fourth-order valence-electron chi connectivity index (χ4n) is 3.06. The molecule has 1 aliphatic carbocycles. The average molecular weight is 245 g/mol. The summed E-state index contributed by atoms with van der Waals surface area (Å²) in [4.78, 5) is 0. The van der Waals surface area contributed by atoms with Gasteiger partial charge >= 0.3 is 0 Å². The van der Waals surface area contributed by atoms with Gasteiger partial charge in [0.05, 0.1) is 0 Å².